The van der Waals surface area contributed by atoms with Crippen LogP contribution in [-0.4, -0.2) is 26.2 Å². The Balaban J connectivity index is 0.000000128. The highest BCUT2D eigenvalue weighted by molar-refractivity contribution is 5.89. The standard InChI is InChI=1S/2C28H20O8/c2*1-26-23-16(19(29)12-8-4-6-10-14(12)33-23)21(35-26)18-22-17-20(30)13-9-5-7-11-15(13)34-24(17)27(2,36-22)28(18,26)25(31)32-3/h2*4-11,18,21-22H,1-3H3/t2*18?,21-,22-,26+,27+,28?/m11/s1. The summed E-state index contributed by atoms with van der Waals surface area (Å²) in [6.07, 6.45) is -3.29. The van der Waals surface area contributed by atoms with Crippen molar-refractivity contribution in [2.45, 2.75) is 74.5 Å². The Morgan fingerprint density at radius 2 is 0.611 bits per heavy atom. The molecule has 0 aliphatic carbocycles. The smallest absolute Gasteiger partial charge is 0.319 e. The minimum atomic E-state index is -1.46. The van der Waals surface area contributed by atoms with Gasteiger partial charge in [-0.1, -0.05) is 48.5 Å². The molecule has 360 valence electrons. The first kappa shape index (κ1) is 42.2. The van der Waals surface area contributed by atoms with Crippen molar-refractivity contribution >= 4 is 55.8 Å². The first-order valence-corrected chi connectivity index (χ1v) is 23.7. The van der Waals surface area contributed by atoms with Crippen molar-refractivity contribution in [2.75, 3.05) is 14.2 Å². The van der Waals surface area contributed by atoms with Gasteiger partial charge < -0.3 is 46.1 Å². The van der Waals surface area contributed by atoms with Gasteiger partial charge in [0.15, 0.2) is 21.7 Å². The predicted molar refractivity (Wildman–Crippen MR) is 251 cm³/mol. The van der Waals surface area contributed by atoms with E-state index in [1.165, 1.54) is 14.2 Å². The van der Waals surface area contributed by atoms with Gasteiger partial charge in [-0.15, -0.1) is 0 Å². The van der Waals surface area contributed by atoms with Gasteiger partial charge in [0.05, 0.1) is 82.4 Å². The lowest BCUT2D eigenvalue weighted by Gasteiger charge is -2.48. The molecule has 4 saturated heterocycles. The van der Waals surface area contributed by atoms with Crippen molar-refractivity contribution in [3.05, 3.63) is 183 Å². The molecule has 8 aliphatic rings. The molecule has 8 atom stereocenters. The van der Waals surface area contributed by atoms with E-state index in [-0.39, 0.29) is 21.7 Å². The maximum atomic E-state index is 13.9. The molecule has 0 unspecified atom stereocenters. The van der Waals surface area contributed by atoms with E-state index in [1.807, 2.05) is 0 Å². The average molecular weight is 969 g/mol. The van der Waals surface area contributed by atoms with Gasteiger partial charge in [-0.05, 0) is 76.2 Å². The minimum absolute atomic E-state index is 0.210. The van der Waals surface area contributed by atoms with Crippen molar-refractivity contribution in [3.63, 3.8) is 0 Å². The first-order chi connectivity index (χ1) is 34.6. The summed E-state index contributed by atoms with van der Waals surface area (Å²) in [4.78, 5) is 82.5. The SMILES string of the molecule is COC(=O)C12C([C@@H]3O[C@@]1(C)c1oc4ccccc4c(=O)c13)[C@@H]1O[C@@]2(C)c2oc3ccccc3c(=O)c21.COC(=O)C12C([C@@H]3O[C@@]1(C)c1oc4ccccc4c(=O)c13)[C@@H]1O[C@@]2(C)c2oc3ccccc3c(=O)c21. The van der Waals surface area contributed by atoms with Crippen molar-refractivity contribution in [2.24, 2.45) is 22.7 Å². The number of para-hydroxylation sites is 4. The van der Waals surface area contributed by atoms with Crippen LogP contribution < -0.4 is 21.7 Å². The molecule has 8 aliphatic heterocycles. The fourth-order valence-corrected chi connectivity index (χ4v) is 15.4. The van der Waals surface area contributed by atoms with Crippen LogP contribution in [0.1, 0.15) is 97.4 Å². The summed E-state index contributed by atoms with van der Waals surface area (Å²) in [5.74, 6) is -1.34. The lowest BCUT2D eigenvalue weighted by Crippen LogP contribution is -2.61. The fourth-order valence-electron chi connectivity index (χ4n) is 15.4. The number of rotatable bonds is 2. The maximum absolute atomic E-state index is 13.9. The van der Waals surface area contributed by atoms with Crippen LogP contribution in [0.3, 0.4) is 0 Å². The summed E-state index contributed by atoms with van der Waals surface area (Å²) >= 11 is 0. The van der Waals surface area contributed by atoms with E-state index in [0.717, 1.165) is 0 Å². The zero-order valence-electron chi connectivity index (χ0n) is 39.2. The molecule has 12 heterocycles. The van der Waals surface area contributed by atoms with Crippen LogP contribution in [0.2, 0.25) is 0 Å². The molecule has 0 spiro atoms. The number of carbonyl (C=O) groups is 2. The highest BCUT2D eigenvalue weighted by Gasteiger charge is 2.91. The van der Waals surface area contributed by atoms with E-state index in [4.69, 9.17) is 46.1 Å². The van der Waals surface area contributed by atoms with Gasteiger partial charge in [-0.2, -0.15) is 0 Å². The first-order valence-electron chi connectivity index (χ1n) is 23.7. The zero-order valence-corrected chi connectivity index (χ0v) is 39.2. The molecular formula is C56H40O16. The number of benzene rings is 4. The van der Waals surface area contributed by atoms with Crippen molar-refractivity contribution < 1.29 is 55.7 Å². The molecule has 0 amide bonds. The number of hydrogen-bond donors (Lipinski definition) is 0. The summed E-state index contributed by atoms with van der Waals surface area (Å²) in [5, 5.41) is 1.73. The molecule has 4 aromatic heterocycles. The Bertz CT molecular complexity index is 3650. The Labute approximate surface area is 404 Å². The van der Waals surface area contributed by atoms with Crippen LogP contribution in [0.25, 0.3) is 43.9 Å². The Morgan fingerprint density at radius 1 is 0.389 bits per heavy atom. The average Bonchev–Trinajstić information content (AvgIpc) is 4.25. The summed E-state index contributed by atoms with van der Waals surface area (Å²) in [5.41, 5.74) is -6.28. The second-order valence-corrected chi connectivity index (χ2v) is 20.6. The highest BCUT2D eigenvalue weighted by Crippen LogP contribution is 2.83. The highest BCUT2D eigenvalue weighted by atomic mass is 16.6. The summed E-state index contributed by atoms with van der Waals surface area (Å²) in [6, 6.07) is 27.9. The van der Waals surface area contributed by atoms with Crippen LogP contribution in [0.4, 0.5) is 0 Å². The lowest BCUT2D eigenvalue weighted by molar-refractivity contribution is -0.200. The quantitative estimate of drug-likeness (QED) is 0.150. The van der Waals surface area contributed by atoms with E-state index in [9.17, 15) is 28.8 Å². The van der Waals surface area contributed by atoms with Crippen molar-refractivity contribution in [1.29, 1.82) is 0 Å². The minimum Gasteiger partial charge on any atom is -0.468 e. The molecule has 0 saturated carbocycles. The van der Waals surface area contributed by atoms with Gasteiger partial charge >= 0.3 is 11.9 Å². The summed E-state index contributed by atoms with van der Waals surface area (Å²) < 4.78 is 62.3. The van der Waals surface area contributed by atoms with Crippen LogP contribution >= 0.6 is 0 Å². The predicted octanol–water partition coefficient (Wildman–Crippen LogP) is 7.95. The number of fused-ring (bicyclic) bond motifs is 34. The topological polar surface area (TPSA) is 210 Å². The van der Waals surface area contributed by atoms with Gasteiger partial charge in [0.2, 0.25) is 0 Å². The second kappa shape index (κ2) is 12.9. The maximum Gasteiger partial charge on any atom is 0.319 e. The van der Waals surface area contributed by atoms with Gasteiger partial charge in [-0.25, -0.2) is 0 Å². The molecule has 16 rings (SSSR count). The van der Waals surface area contributed by atoms with Gasteiger partial charge in [-0.3, -0.25) is 28.8 Å². The molecular weight excluding hydrogens is 929 g/mol. The summed E-state index contributed by atoms with van der Waals surface area (Å²) in [7, 11) is 2.63. The van der Waals surface area contributed by atoms with E-state index < -0.39 is 81.4 Å². The normalized spacial score (nSPS) is 34.7. The van der Waals surface area contributed by atoms with E-state index in [2.05, 4.69) is 0 Å². The Kier molecular flexibility index (Phi) is 7.58. The molecule has 4 aromatic carbocycles. The lowest BCUT2D eigenvalue weighted by atomic mass is 9.50. The molecule has 0 radical (unpaired) electrons. The fraction of sp³-hybridized carbons (Fsp3) is 0.321. The monoisotopic (exact) mass is 968 g/mol. The zero-order chi connectivity index (χ0) is 49.6. The van der Waals surface area contributed by atoms with Crippen molar-refractivity contribution in [1.82, 2.24) is 0 Å². The van der Waals surface area contributed by atoms with Crippen LogP contribution in [0.15, 0.2) is 134 Å². The number of methoxy groups -OCH3 is 2. The third kappa shape index (κ3) is 4.09. The second-order valence-electron chi connectivity index (χ2n) is 20.6. The largest absolute Gasteiger partial charge is 0.468 e. The van der Waals surface area contributed by atoms with Gasteiger partial charge in [0.1, 0.15) is 78.6 Å². The van der Waals surface area contributed by atoms with Gasteiger partial charge in [0.25, 0.3) is 0 Å². The van der Waals surface area contributed by atoms with Crippen LogP contribution in [-0.2, 0) is 60.4 Å². The number of esters is 2. The molecule has 8 bridgehead atoms. The number of ether oxygens (including phenoxy) is 6. The number of hydrogen-bond acceptors (Lipinski definition) is 16. The van der Waals surface area contributed by atoms with E-state index >= 15 is 0 Å². The number of carbonyl (C=O) groups excluding carboxylic acids is 2. The van der Waals surface area contributed by atoms with Gasteiger partial charge in [0, 0.05) is 11.8 Å². The molecule has 4 fully saturated rings. The Morgan fingerprint density at radius 3 is 0.833 bits per heavy atom. The van der Waals surface area contributed by atoms with E-state index in [0.29, 0.717) is 89.2 Å². The third-order valence-electron chi connectivity index (χ3n) is 18.0. The Hall–Kier alpha value is -7.50. The van der Waals surface area contributed by atoms with Crippen molar-refractivity contribution in [3.8, 4) is 0 Å². The van der Waals surface area contributed by atoms with E-state index in [1.54, 1.807) is 125 Å². The van der Waals surface area contributed by atoms with Crippen LogP contribution in [0.5, 0.6) is 0 Å². The molecule has 8 aromatic rings. The molecule has 0 N–H and O–H groups in total. The third-order valence-corrected chi connectivity index (χ3v) is 18.0. The van der Waals surface area contributed by atoms with Crippen LogP contribution in [0, 0.1) is 22.7 Å². The molecule has 72 heavy (non-hydrogen) atoms. The summed E-state index contributed by atoms with van der Waals surface area (Å²) in [6.45, 7) is 6.98. The molecule has 16 nitrogen and oxygen atoms in total. The molecule has 16 heteroatoms.